The predicted molar refractivity (Wildman–Crippen MR) is 48.8 cm³/mol. The molecule has 1 atom stereocenters. The van der Waals surface area contributed by atoms with Gasteiger partial charge in [0.15, 0.2) is 0 Å². The van der Waals surface area contributed by atoms with Gasteiger partial charge in [-0.05, 0) is 6.92 Å². The second-order valence-corrected chi connectivity index (χ2v) is 4.71. The molecule has 0 saturated heterocycles. The molecule has 0 aliphatic heterocycles. The van der Waals surface area contributed by atoms with Gasteiger partial charge in [-0.1, -0.05) is 6.92 Å². The number of alkyl halides is 3. The lowest BCUT2D eigenvalue weighted by atomic mass is 10.4. The van der Waals surface area contributed by atoms with E-state index in [0.29, 0.717) is 0 Å². The van der Waals surface area contributed by atoms with Gasteiger partial charge < -0.3 is 4.74 Å². The van der Waals surface area contributed by atoms with Crippen LogP contribution < -0.4 is 4.72 Å². The summed E-state index contributed by atoms with van der Waals surface area (Å²) in [5, 5.41) is 0. The second-order valence-electron chi connectivity index (χ2n) is 3.00. The molecule has 0 rings (SSSR count). The van der Waals surface area contributed by atoms with Crippen molar-refractivity contribution in [1.82, 2.24) is 4.72 Å². The topological polar surface area (TPSA) is 72.5 Å². The molecule has 0 spiro atoms. The molecule has 16 heavy (non-hydrogen) atoms. The Morgan fingerprint density at radius 1 is 1.44 bits per heavy atom. The Morgan fingerprint density at radius 3 is 2.31 bits per heavy atom. The Bertz CT molecular complexity index is 338. The first-order chi connectivity index (χ1) is 7.10. The van der Waals surface area contributed by atoms with Crippen LogP contribution in [0.4, 0.5) is 13.2 Å². The molecule has 0 heterocycles. The van der Waals surface area contributed by atoms with Gasteiger partial charge in [0, 0.05) is 6.42 Å². The molecule has 96 valence electrons. The van der Waals surface area contributed by atoms with Gasteiger partial charge in [-0.3, -0.25) is 4.79 Å². The van der Waals surface area contributed by atoms with Gasteiger partial charge in [-0.2, -0.15) is 13.2 Å². The molecule has 1 unspecified atom stereocenters. The number of hydrogen-bond donors (Lipinski definition) is 1. The summed E-state index contributed by atoms with van der Waals surface area (Å²) in [4.78, 5) is 10.7. The quantitative estimate of drug-likeness (QED) is 0.743. The van der Waals surface area contributed by atoms with Crippen LogP contribution in [0.1, 0.15) is 20.3 Å². The summed E-state index contributed by atoms with van der Waals surface area (Å²) in [7, 11) is -5.39. The average molecular weight is 263 g/mol. The lowest BCUT2D eigenvalue weighted by Crippen LogP contribution is -2.43. The number of nitrogens with one attached hydrogen (secondary N) is 1. The summed E-state index contributed by atoms with van der Waals surface area (Å²) in [5.74, 6) is -0.613. The highest BCUT2D eigenvalue weighted by Gasteiger charge is 2.46. The molecule has 9 heteroatoms. The zero-order valence-electron chi connectivity index (χ0n) is 8.67. The van der Waals surface area contributed by atoms with Gasteiger partial charge in [-0.25, -0.2) is 13.1 Å². The van der Waals surface area contributed by atoms with Gasteiger partial charge in [0.1, 0.15) is 6.61 Å². The molecule has 1 N–H and O–H groups in total. The van der Waals surface area contributed by atoms with E-state index in [1.165, 1.54) is 11.6 Å². The van der Waals surface area contributed by atoms with Crippen molar-refractivity contribution in [3.05, 3.63) is 0 Å². The lowest BCUT2D eigenvalue weighted by molar-refractivity contribution is -0.143. The van der Waals surface area contributed by atoms with E-state index in [-0.39, 0.29) is 6.42 Å². The molecular weight excluding hydrogens is 251 g/mol. The van der Waals surface area contributed by atoms with Crippen LogP contribution in [-0.2, 0) is 19.6 Å². The summed E-state index contributed by atoms with van der Waals surface area (Å²) < 4.78 is 62.7. The molecule has 0 aromatic carbocycles. The van der Waals surface area contributed by atoms with E-state index < -0.39 is 34.1 Å². The van der Waals surface area contributed by atoms with Crippen molar-refractivity contribution in [1.29, 1.82) is 0 Å². The monoisotopic (exact) mass is 263 g/mol. The summed E-state index contributed by atoms with van der Waals surface area (Å²) in [6.45, 7) is 2.22. The van der Waals surface area contributed by atoms with Crippen molar-refractivity contribution < 1.29 is 31.1 Å². The molecule has 0 aromatic heterocycles. The number of rotatable bonds is 5. The molecule has 0 fully saturated rings. The average Bonchev–Trinajstić information content (AvgIpc) is 2.11. The summed E-state index contributed by atoms with van der Waals surface area (Å²) in [6, 6.07) is -1.14. The number of carbonyl (C=O) groups is 1. The Hall–Kier alpha value is -0.830. The van der Waals surface area contributed by atoms with Crippen LogP contribution in [0.15, 0.2) is 0 Å². The zero-order chi connectivity index (χ0) is 13.0. The summed E-state index contributed by atoms with van der Waals surface area (Å²) >= 11 is 0. The zero-order valence-corrected chi connectivity index (χ0v) is 9.48. The van der Waals surface area contributed by atoms with E-state index in [1.54, 1.807) is 0 Å². The molecule has 0 aromatic rings. The van der Waals surface area contributed by atoms with Crippen LogP contribution in [0.2, 0.25) is 0 Å². The Morgan fingerprint density at radius 2 is 1.94 bits per heavy atom. The number of esters is 1. The number of sulfonamides is 1. The Balaban J connectivity index is 4.26. The van der Waals surface area contributed by atoms with E-state index in [0.717, 1.165) is 6.92 Å². The van der Waals surface area contributed by atoms with Crippen molar-refractivity contribution in [2.75, 3.05) is 6.61 Å². The second kappa shape index (κ2) is 5.48. The molecule has 0 aliphatic rings. The van der Waals surface area contributed by atoms with Crippen molar-refractivity contribution in [3.8, 4) is 0 Å². The first-order valence-electron chi connectivity index (χ1n) is 4.34. The standard InChI is InChI=1S/C7H12F3NO4S/c1-3-6(12)15-4-5(2)11-16(13,14)7(8,9)10/h5,11H,3-4H2,1-2H3. The third-order valence-electron chi connectivity index (χ3n) is 1.44. The van der Waals surface area contributed by atoms with Crippen molar-refractivity contribution in [2.24, 2.45) is 0 Å². The molecule has 0 bridgehead atoms. The largest absolute Gasteiger partial charge is 0.511 e. The van der Waals surface area contributed by atoms with E-state index >= 15 is 0 Å². The summed E-state index contributed by atoms with van der Waals surface area (Å²) in [5.41, 5.74) is -5.37. The Labute approximate surface area is 91.0 Å². The maximum atomic E-state index is 11.9. The van der Waals surface area contributed by atoms with Crippen molar-refractivity contribution in [2.45, 2.75) is 31.8 Å². The van der Waals surface area contributed by atoms with E-state index in [1.807, 2.05) is 0 Å². The normalized spacial score (nSPS) is 14.6. The highest BCUT2D eigenvalue weighted by atomic mass is 32.2. The molecule has 0 saturated carbocycles. The smallest absolute Gasteiger partial charge is 0.464 e. The van der Waals surface area contributed by atoms with Crippen LogP contribution >= 0.6 is 0 Å². The van der Waals surface area contributed by atoms with Crippen molar-refractivity contribution >= 4 is 16.0 Å². The highest BCUT2D eigenvalue weighted by molar-refractivity contribution is 7.90. The SMILES string of the molecule is CCC(=O)OCC(C)NS(=O)(=O)C(F)(F)F. The number of carbonyl (C=O) groups excluding carboxylic acids is 1. The minimum atomic E-state index is -5.39. The minimum Gasteiger partial charge on any atom is -0.464 e. The number of halogens is 3. The lowest BCUT2D eigenvalue weighted by Gasteiger charge is -2.15. The summed E-state index contributed by atoms with van der Waals surface area (Å²) in [6.07, 6.45) is 0.0682. The third-order valence-corrected chi connectivity index (χ3v) is 2.77. The van der Waals surface area contributed by atoms with E-state index in [4.69, 9.17) is 0 Å². The highest BCUT2D eigenvalue weighted by Crippen LogP contribution is 2.21. The van der Waals surface area contributed by atoms with E-state index in [2.05, 4.69) is 4.74 Å². The van der Waals surface area contributed by atoms with Gasteiger partial charge >= 0.3 is 21.5 Å². The third kappa shape index (κ3) is 4.79. The fraction of sp³-hybridized carbons (Fsp3) is 0.857. The molecule has 5 nitrogen and oxygen atoms in total. The van der Waals surface area contributed by atoms with Crippen LogP contribution in [0.3, 0.4) is 0 Å². The molecular formula is C7H12F3NO4S. The van der Waals surface area contributed by atoms with Gasteiger partial charge in [0.25, 0.3) is 0 Å². The number of hydrogen-bond acceptors (Lipinski definition) is 4. The predicted octanol–water partition coefficient (Wildman–Crippen LogP) is 0.767. The Kier molecular flexibility index (Phi) is 5.20. The van der Waals surface area contributed by atoms with Crippen molar-refractivity contribution in [3.63, 3.8) is 0 Å². The van der Waals surface area contributed by atoms with Crippen LogP contribution in [0, 0.1) is 0 Å². The molecule has 0 amide bonds. The van der Waals surface area contributed by atoms with E-state index in [9.17, 15) is 26.4 Å². The fourth-order valence-electron chi connectivity index (χ4n) is 0.686. The number of ether oxygens (including phenoxy) is 1. The minimum absolute atomic E-state index is 0.0682. The maximum Gasteiger partial charge on any atom is 0.511 e. The van der Waals surface area contributed by atoms with Gasteiger partial charge in [-0.15, -0.1) is 0 Å². The van der Waals surface area contributed by atoms with Gasteiger partial charge in [0.05, 0.1) is 6.04 Å². The fourth-order valence-corrected chi connectivity index (χ4v) is 1.42. The van der Waals surface area contributed by atoms with Gasteiger partial charge in [0.2, 0.25) is 0 Å². The van der Waals surface area contributed by atoms with Crippen LogP contribution in [0.5, 0.6) is 0 Å². The first-order valence-corrected chi connectivity index (χ1v) is 5.82. The molecule has 0 aliphatic carbocycles. The molecule has 0 radical (unpaired) electrons. The van der Waals surface area contributed by atoms with Crippen LogP contribution in [0.25, 0.3) is 0 Å². The first kappa shape index (κ1) is 15.2. The maximum absolute atomic E-state index is 11.9. The van der Waals surface area contributed by atoms with Crippen LogP contribution in [-0.4, -0.2) is 32.5 Å².